The van der Waals surface area contributed by atoms with Gasteiger partial charge in [0, 0.05) is 11.9 Å². The van der Waals surface area contributed by atoms with Gasteiger partial charge in [-0.3, -0.25) is 4.57 Å². The van der Waals surface area contributed by atoms with E-state index in [4.69, 9.17) is 0 Å². The Bertz CT molecular complexity index is 906. The molecule has 22 heavy (non-hydrogen) atoms. The monoisotopic (exact) mass is 289 g/mol. The minimum atomic E-state index is 0.222. The first kappa shape index (κ1) is 12.8. The van der Waals surface area contributed by atoms with Crippen molar-refractivity contribution in [2.75, 3.05) is 0 Å². The van der Waals surface area contributed by atoms with Crippen molar-refractivity contribution in [3.63, 3.8) is 0 Å². The summed E-state index contributed by atoms with van der Waals surface area (Å²) in [6.45, 7) is 0. The molecule has 2 aromatic heterocycles. The summed E-state index contributed by atoms with van der Waals surface area (Å²) in [5, 5.41) is 10.2. The number of phenols is 1. The molecule has 0 fully saturated rings. The van der Waals surface area contributed by atoms with Crippen LogP contribution < -0.4 is 0 Å². The molecule has 1 aromatic carbocycles. The standard InChI is InChI=1S/C18H15N3O/c22-16-11-5-4-9-14(16)17-20-15-10-6-12-19-18(15)21(17)13-7-2-1-3-8-13/h2,4-12,22H,1,3H2. The minimum Gasteiger partial charge on any atom is -0.507 e. The van der Waals surface area contributed by atoms with E-state index in [-0.39, 0.29) is 5.75 Å². The fourth-order valence-electron chi connectivity index (χ4n) is 2.77. The van der Waals surface area contributed by atoms with Crippen molar-refractivity contribution in [1.82, 2.24) is 14.5 Å². The van der Waals surface area contributed by atoms with Gasteiger partial charge in [-0.05, 0) is 43.2 Å². The third-order valence-electron chi connectivity index (χ3n) is 3.79. The maximum Gasteiger partial charge on any atom is 0.164 e. The third-order valence-corrected chi connectivity index (χ3v) is 3.79. The molecule has 0 aliphatic heterocycles. The molecule has 1 aliphatic carbocycles. The molecule has 3 aromatic rings. The Kier molecular flexibility index (Phi) is 3.00. The number of nitrogens with zero attached hydrogens (tertiary/aromatic N) is 3. The zero-order valence-corrected chi connectivity index (χ0v) is 12.0. The number of hydrogen-bond acceptors (Lipinski definition) is 3. The number of fused-ring (bicyclic) bond motifs is 1. The Morgan fingerprint density at radius 2 is 1.95 bits per heavy atom. The van der Waals surface area contributed by atoms with Crippen LogP contribution in [0, 0.1) is 0 Å². The molecule has 0 saturated carbocycles. The van der Waals surface area contributed by atoms with Crippen molar-refractivity contribution >= 4 is 16.9 Å². The predicted molar refractivity (Wildman–Crippen MR) is 87.3 cm³/mol. The lowest BCUT2D eigenvalue weighted by molar-refractivity contribution is 0.477. The van der Waals surface area contributed by atoms with Crippen LogP contribution in [-0.4, -0.2) is 19.6 Å². The van der Waals surface area contributed by atoms with Gasteiger partial charge >= 0.3 is 0 Å². The van der Waals surface area contributed by atoms with E-state index in [2.05, 4.69) is 28.2 Å². The normalized spacial score (nSPS) is 14.3. The van der Waals surface area contributed by atoms with Crippen LogP contribution in [-0.2, 0) is 0 Å². The second-order valence-electron chi connectivity index (χ2n) is 5.24. The van der Waals surface area contributed by atoms with Crippen molar-refractivity contribution in [1.29, 1.82) is 0 Å². The summed E-state index contributed by atoms with van der Waals surface area (Å²) in [5.41, 5.74) is 3.38. The number of aromatic nitrogens is 3. The van der Waals surface area contributed by atoms with E-state index in [1.54, 1.807) is 12.3 Å². The second kappa shape index (κ2) is 5.15. The van der Waals surface area contributed by atoms with Crippen LogP contribution in [0.4, 0.5) is 0 Å². The zero-order valence-electron chi connectivity index (χ0n) is 12.0. The van der Waals surface area contributed by atoms with Gasteiger partial charge in [-0.1, -0.05) is 24.3 Å². The lowest BCUT2D eigenvalue weighted by Crippen LogP contribution is -2.01. The molecule has 108 valence electrons. The molecule has 4 rings (SSSR count). The summed E-state index contributed by atoms with van der Waals surface area (Å²) in [6.07, 6.45) is 10.2. The highest BCUT2D eigenvalue weighted by Gasteiger charge is 2.18. The van der Waals surface area contributed by atoms with Gasteiger partial charge in [0.2, 0.25) is 0 Å². The molecule has 0 unspecified atom stereocenters. The highest BCUT2D eigenvalue weighted by Crippen LogP contribution is 2.33. The Balaban J connectivity index is 2.04. The Hall–Kier alpha value is -2.88. The molecule has 0 spiro atoms. The second-order valence-corrected chi connectivity index (χ2v) is 5.24. The Morgan fingerprint density at radius 1 is 1.05 bits per heavy atom. The number of phenolic OH excluding ortho intramolecular Hbond substituents is 1. The molecule has 4 nitrogen and oxygen atoms in total. The number of aromatic hydroxyl groups is 1. The van der Waals surface area contributed by atoms with Crippen molar-refractivity contribution < 1.29 is 5.11 Å². The maximum atomic E-state index is 10.2. The molecule has 0 saturated heterocycles. The van der Waals surface area contributed by atoms with Gasteiger partial charge in [0.15, 0.2) is 11.5 Å². The van der Waals surface area contributed by atoms with Crippen LogP contribution in [0.5, 0.6) is 5.75 Å². The van der Waals surface area contributed by atoms with Crippen LogP contribution in [0.3, 0.4) is 0 Å². The number of para-hydroxylation sites is 1. The topological polar surface area (TPSA) is 50.9 Å². The molecular formula is C18H15N3O. The summed E-state index contributed by atoms with van der Waals surface area (Å²) in [6, 6.07) is 11.1. The molecule has 0 atom stereocenters. The van der Waals surface area contributed by atoms with Gasteiger partial charge in [-0.15, -0.1) is 0 Å². The van der Waals surface area contributed by atoms with Crippen LogP contribution in [0.25, 0.3) is 28.2 Å². The number of hydrogen-bond donors (Lipinski definition) is 1. The van der Waals surface area contributed by atoms with E-state index in [0.29, 0.717) is 11.4 Å². The van der Waals surface area contributed by atoms with Crippen molar-refractivity contribution in [3.05, 3.63) is 60.8 Å². The summed E-state index contributed by atoms with van der Waals surface area (Å²) >= 11 is 0. The summed E-state index contributed by atoms with van der Waals surface area (Å²) in [5.74, 6) is 0.934. The minimum absolute atomic E-state index is 0.222. The van der Waals surface area contributed by atoms with Crippen molar-refractivity contribution in [2.24, 2.45) is 0 Å². The number of rotatable bonds is 2. The number of imidazole rings is 1. The lowest BCUT2D eigenvalue weighted by Gasteiger charge is -2.13. The van der Waals surface area contributed by atoms with Crippen molar-refractivity contribution in [3.8, 4) is 17.1 Å². The first-order valence-corrected chi connectivity index (χ1v) is 7.33. The van der Waals surface area contributed by atoms with E-state index in [0.717, 1.165) is 29.7 Å². The summed E-state index contributed by atoms with van der Waals surface area (Å²) in [7, 11) is 0. The lowest BCUT2D eigenvalue weighted by atomic mass is 10.1. The smallest absolute Gasteiger partial charge is 0.164 e. The third kappa shape index (κ3) is 2.00. The molecular weight excluding hydrogens is 274 g/mol. The zero-order chi connectivity index (χ0) is 14.9. The maximum absolute atomic E-state index is 10.2. The molecule has 0 radical (unpaired) electrons. The fraction of sp³-hybridized carbons (Fsp3) is 0.111. The van der Waals surface area contributed by atoms with E-state index >= 15 is 0 Å². The van der Waals surface area contributed by atoms with Crippen LogP contribution in [0.1, 0.15) is 12.8 Å². The summed E-state index contributed by atoms with van der Waals surface area (Å²) in [4.78, 5) is 9.16. The average molecular weight is 289 g/mol. The predicted octanol–water partition coefficient (Wildman–Crippen LogP) is 3.99. The highest BCUT2D eigenvalue weighted by atomic mass is 16.3. The largest absolute Gasteiger partial charge is 0.507 e. The summed E-state index contributed by atoms with van der Waals surface area (Å²) < 4.78 is 2.01. The SMILES string of the molecule is Oc1ccccc1-c1nc2cccnc2n1C1=CCCC=C1. The first-order valence-electron chi connectivity index (χ1n) is 7.33. The average Bonchev–Trinajstić information content (AvgIpc) is 2.95. The molecule has 0 bridgehead atoms. The van der Waals surface area contributed by atoms with Gasteiger partial charge in [-0.25, -0.2) is 9.97 Å². The van der Waals surface area contributed by atoms with Crippen LogP contribution >= 0.6 is 0 Å². The molecule has 4 heteroatoms. The Morgan fingerprint density at radius 3 is 2.77 bits per heavy atom. The highest BCUT2D eigenvalue weighted by molar-refractivity contribution is 5.85. The van der Waals surface area contributed by atoms with Gasteiger partial charge in [-0.2, -0.15) is 0 Å². The number of pyridine rings is 1. The van der Waals surface area contributed by atoms with Gasteiger partial charge in [0.05, 0.1) is 5.56 Å². The van der Waals surface area contributed by atoms with E-state index in [9.17, 15) is 5.11 Å². The van der Waals surface area contributed by atoms with Crippen LogP contribution in [0.15, 0.2) is 60.8 Å². The fourth-order valence-corrected chi connectivity index (χ4v) is 2.77. The number of allylic oxidation sites excluding steroid dienone is 4. The number of benzene rings is 1. The van der Waals surface area contributed by atoms with Gasteiger partial charge < -0.3 is 5.11 Å². The Labute approximate surface area is 128 Å². The van der Waals surface area contributed by atoms with Gasteiger partial charge in [0.25, 0.3) is 0 Å². The van der Waals surface area contributed by atoms with Crippen molar-refractivity contribution in [2.45, 2.75) is 12.8 Å². The van der Waals surface area contributed by atoms with E-state index in [1.165, 1.54) is 0 Å². The van der Waals surface area contributed by atoms with Gasteiger partial charge in [0.1, 0.15) is 11.3 Å². The first-order chi connectivity index (χ1) is 10.8. The van der Waals surface area contributed by atoms with E-state index in [1.807, 2.05) is 34.9 Å². The molecule has 1 N–H and O–H groups in total. The molecule has 1 aliphatic rings. The van der Waals surface area contributed by atoms with Crippen LogP contribution in [0.2, 0.25) is 0 Å². The molecule has 0 amide bonds. The quantitative estimate of drug-likeness (QED) is 0.776. The van der Waals surface area contributed by atoms with E-state index < -0.39 is 0 Å². The molecule has 2 heterocycles.